The normalized spacial score (nSPS) is 10.5. The fourth-order valence-corrected chi connectivity index (χ4v) is 2.78. The van der Waals surface area contributed by atoms with Crippen molar-refractivity contribution in [1.82, 2.24) is 15.1 Å². The van der Waals surface area contributed by atoms with Crippen molar-refractivity contribution in [2.24, 2.45) is 5.73 Å². The molecule has 0 bridgehead atoms. The molecule has 2 aromatic carbocycles. The maximum absolute atomic E-state index is 12.0. The van der Waals surface area contributed by atoms with Crippen LogP contribution in [0.5, 0.6) is 0 Å². The van der Waals surface area contributed by atoms with Crippen molar-refractivity contribution in [3.63, 3.8) is 0 Å². The van der Waals surface area contributed by atoms with E-state index in [0.717, 1.165) is 16.8 Å². The van der Waals surface area contributed by atoms with Gasteiger partial charge in [0.25, 0.3) is 0 Å². The van der Waals surface area contributed by atoms with E-state index in [-0.39, 0.29) is 5.91 Å². The summed E-state index contributed by atoms with van der Waals surface area (Å²) < 4.78 is 1.80. The second-order valence-electron chi connectivity index (χ2n) is 6.29. The number of nitrogens with two attached hydrogens (primary N) is 1. The number of benzene rings is 2. The van der Waals surface area contributed by atoms with Gasteiger partial charge in [0.05, 0.1) is 11.9 Å². The zero-order valence-corrected chi connectivity index (χ0v) is 15.0. The van der Waals surface area contributed by atoms with Crippen molar-refractivity contribution in [2.75, 3.05) is 6.54 Å². The van der Waals surface area contributed by atoms with Gasteiger partial charge in [-0.05, 0) is 48.2 Å². The molecule has 3 N–H and O–H groups in total. The number of nitrogens with one attached hydrogen (secondary N) is 1. The highest BCUT2D eigenvalue weighted by Gasteiger charge is 2.06. The third-order valence-electron chi connectivity index (χ3n) is 4.24. The highest BCUT2D eigenvalue weighted by molar-refractivity contribution is 5.92. The van der Waals surface area contributed by atoms with E-state index in [1.54, 1.807) is 29.1 Å². The Morgan fingerprint density at radius 1 is 1.00 bits per heavy atom. The number of rotatable bonds is 8. The van der Waals surface area contributed by atoms with Gasteiger partial charge in [0.1, 0.15) is 0 Å². The molecule has 3 aromatic rings. The van der Waals surface area contributed by atoms with Gasteiger partial charge in [0.15, 0.2) is 0 Å². The quantitative estimate of drug-likeness (QED) is 0.644. The lowest BCUT2D eigenvalue weighted by molar-refractivity contribution is -0.121. The molecule has 3 rings (SSSR count). The van der Waals surface area contributed by atoms with Gasteiger partial charge in [-0.2, -0.15) is 5.10 Å². The van der Waals surface area contributed by atoms with Crippen LogP contribution in [0.3, 0.4) is 0 Å². The first-order valence-electron chi connectivity index (χ1n) is 8.86. The van der Waals surface area contributed by atoms with E-state index in [1.165, 1.54) is 0 Å². The first-order chi connectivity index (χ1) is 13.1. The molecule has 0 radical (unpaired) electrons. The van der Waals surface area contributed by atoms with Crippen LogP contribution in [0.2, 0.25) is 0 Å². The molecule has 2 amide bonds. The topological polar surface area (TPSA) is 90.0 Å². The fourth-order valence-electron chi connectivity index (χ4n) is 2.78. The summed E-state index contributed by atoms with van der Waals surface area (Å²) in [6, 6.07) is 17.0. The maximum atomic E-state index is 12.0. The molecule has 6 heteroatoms. The zero-order valence-electron chi connectivity index (χ0n) is 15.0. The Morgan fingerprint density at radius 2 is 1.81 bits per heavy atom. The third-order valence-corrected chi connectivity index (χ3v) is 4.24. The molecular formula is C21H22N4O2. The number of para-hydroxylation sites is 1. The SMILES string of the molecule is NC(=O)c1cccc(CCNC(=O)CCc2cnn(-c3ccccc3)c2)c1. The first kappa shape index (κ1) is 18.4. The average molecular weight is 362 g/mol. The first-order valence-corrected chi connectivity index (χ1v) is 8.86. The lowest BCUT2D eigenvalue weighted by Crippen LogP contribution is -2.25. The van der Waals surface area contributed by atoms with Crippen LogP contribution < -0.4 is 11.1 Å². The molecule has 0 unspecified atom stereocenters. The molecule has 138 valence electrons. The number of amides is 2. The summed E-state index contributed by atoms with van der Waals surface area (Å²) in [5.74, 6) is -0.453. The summed E-state index contributed by atoms with van der Waals surface area (Å²) in [5, 5.41) is 7.24. The molecule has 0 saturated heterocycles. The van der Waals surface area contributed by atoms with E-state index in [9.17, 15) is 9.59 Å². The second kappa shape index (κ2) is 8.80. The largest absolute Gasteiger partial charge is 0.366 e. The molecule has 1 aromatic heterocycles. The number of hydrogen-bond donors (Lipinski definition) is 2. The summed E-state index contributed by atoms with van der Waals surface area (Å²) >= 11 is 0. The van der Waals surface area contributed by atoms with Gasteiger partial charge in [0, 0.05) is 24.7 Å². The Kier molecular flexibility index (Phi) is 5.99. The van der Waals surface area contributed by atoms with Gasteiger partial charge >= 0.3 is 0 Å². The predicted molar refractivity (Wildman–Crippen MR) is 104 cm³/mol. The van der Waals surface area contributed by atoms with Crippen LogP contribution in [-0.4, -0.2) is 28.1 Å². The number of carbonyl (C=O) groups excluding carboxylic acids is 2. The summed E-state index contributed by atoms with van der Waals surface area (Å²) in [5.41, 5.74) is 8.74. The van der Waals surface area contributed by atoms with E-state index in [4.69, 9.17) is 5.73 Å². The Morgan fingerprint density at radius 3 is 2.59 bits per heavy atom. The van der Waals surface area contributed by atoms with Crippen LogP contribution in [0.15, 0.2) is 67.0 Å². The predicted octanol–water partition coefficient (Wildman–Crippen LogP) is 2.26. The average Bonchev–Trinajstić information content (AvgIpc) is 3.16. The zero-order chi connectivity index (χ0) is 19.1. The molecule has 0 atom stereocenters. The number of hydrogen-bond acceptors (Lipinski definition) is 3. The molecule has 0 fully saturated rings. The highest BCUT2D eigenvalue weighted by atomic mass is 16.1. The van der Waals surface area contributed by atoms with Gasteiger partial charge in [-0.15, -0.1) is 0 Å². The molecule has 0 saturated carbocycles. The Balaban J connectivity index is 1.43. The molecule has 27 heavy (non-hydrogen) atoms. The van der Waals surface area contributed by atoms with Crippen molar-refractivity contribution in [3.8, 4) is 5.69 Å². The molecule has 1 heterocycles. The highest BCUT2D eigenvalue weighted by Crippen LogP contribution is 2.09. The summed E-state index contributed by atoms with van der Waals surface area (Å²) in [6.45, 7) is 0.518. The monoisotopic (exact) mass is 362 g/mol. The van der Waals surface area contributed by atoms with Gasteiger partial charge in [-0.3, -0.25) is 9.59 Å². The number of carbonyl (C=O) groups is 2. The fraction of sp³-hybridized carbons (Fsp3) is 0.190. The lowest BCUT2D eigenvalue weighted by atomic mass is 10.1. The van der Waals surface area contributed by atoms with Crippen LogP contribution in [0.1, 0.15) is 27.9 Å². The Labute approximate surface area is 158 Å². The Hall–Kier alpha value is -3.41. The van der Waals surface area contributed by atoms with E-state index in [0.29, 0.717) is 31.4 Å². The molecule has 0 aliphatic rings. The van der Waals surface area contributed by atoms with Gasteiger partial charge < -0.3 is 11.1 Å². The van der Waals surface area contributed by atoms with Crippen molar-refractivity contribution in [3.05, 3.63) is 83.7 Å². The number of primary amides is 1. The molecule has 6 nitrogen and oxygen atoms in total. The molecule has 0 aliphatic carbocycles. The summed E-state index contributed by atoms with van der Waals surface area (Å²) in [7, 11) is 0. The van der Waals surface area contributed by atoms with Crippen LogP contribution in [-0.2, 0) is 17.6 Å². The van der Waals surface area contributed by atoms with Crippen LogP contribution in [0.25, 0.3) is 5.69 Å². The summed E-state index contributed by atoms with van der Waals surface area (Å²) in [6.07, 6.45) is 5.42. The summed E-state index contributed by atoms with van der Waals surface area (Å²) in [4.78, 5) is 23.2. The van der Waals surface area contributed by atoms with Crippen LogP contribution in [0.4, 0.5) is 0 Å². The van der Waals surface area contributed by atoms with Crippen molar-refractivity contribution in [2.45, 2.75) is 19.3 Å². The Bertz CT molecular complexity index is 919. The smallest absolute Gasteiger partial charge is 0.248 e. The van der Waals surface area contributed by atoms with E-state index in [2.05, 4.69) is 10.4 Å². The minimum Gasteiger partial charge on any atom is -0.366 e. The second-order valence-corrected chi connectivity index (χ2v) is 6.29. The van der Waals surface area contributed by atoms with Crippen molar-refractivity contribution in [1.29, 1.82) is 0 Å². The van der Waals surface area contributed by atoms with Gasteiger partial charge in [0.2, 0.25) is 11.8 Å². The maximum Gasteiger partial charge on any atom is 0.248 e. The van der Waals surface area contributed by atoms with Crippen LogP contribution >= 0.6 is 0 Å². The molecular weight excluding hydrogens is 340 g/mol. The molecule has 0 aliphatic heterocycles. The minimum atomic E-state index is -0.447. The third kappa shape index (κ3) is 5.28. The van der Waals surface area contributed by atoms with E-state index >= 15 is 0 Å². The number of nitrogens with zero attached hydrogens (tertiary/aromatic N) is 2. The van der Waals surface area contributed by atoms with Crippen LogP contribution in [0, 0.1) is 0 Å². The standard InChI is InChI=1S/C21H22N4O2/c22-21(27)18-6-4-5-16(13-18)11-12-23-20(26)10-9-17-14-24-25(15-17)19-7-2-1-3-8-19/h1-8,13-15H,9-12H2,(H2,22,27)(H,23,26). The van der Waals surface area contributed by atoms with Crippen molar-refractivity contribution < 1.29 is 9.59 Å². The lowest BCUT2D eigenvalue weighted by Gasteiger charge is -2.06. The van der Waals surface area contributed by atoms with Crippen molar-refractivity contribution >= 4 is 11.8 Å². The van der Waals surface area contributed by atoms with E-state index in [1.807, 2.05) is 42.6 Å². The van der Waals surface area contributed by atoms with Gasteiger partial charge in [-0.1, -0.05) is 30.3 Å². The van der Waals surface area contributed by atoms with Gasteiger partial charge in [-0.25, -0.2) is 4.68 Å². The van der Waals surface area contributed by atoms with E-state index < -0.39 is 5.91 Å². The molecule has 0 spiro atoms. The number of aromatic nitrogens is 2. The minimum absolute atomic E-state index is 0.00600. The number of aryl methyl sites for hydroxylation is 1.